The third-order valence-corrected chi connectivity index (χ3v) is 3.41. The molecule has 2 aromatic rings. The number of methoxy groups -OCH3 is 2. The number of carbonyl (C=O) groups excluding carboxylic acids is 1. The van der Waals surface area contributed by atoms with Gasteiger partial charge in [-0.15, -0.1) is 0 Å². The average Bonchev–Trinajstić information content (AvgIpc) is 2.65. The van der Waals surface area contributed by atoms with Crippen molar-refractivity contribution in [2.75, 3.05) is 20.8 Å². The summed E-state index contributed by atoms with van der Waals surface area (Å²) in [6.07, 6.45) is 3.01. The van der Waals surface area contributed by atoms with E-state index in [1.807, 2.05) is 30.3 Å². The summed E-state index contributed by atoms with van der Waals surface area (Å²) in [5.74, 6) is 1.17. The molecule has 0 amide bonds. The molecular weight excluding hydrogens is 320 g/mol. The number of esters is 1. The van der Waals surface area contributed by atoms with Gasteiger partial charge in [0.2, 0.25) is 5.75 Å². The van der Waals surface area contributed by atoms with Gasteiger partial charge < -0.3 is 18.9 Å². The topological polar surface area (TPSA) is 54.0 Å². The summed E-state index contributed by atoms with van der Waals surface area (Å²) in [5, 5.41) is 0. The number of carbonyl (C=O) groups is 1. The van der Waals surface area contributed by atoms with Gasteiger partial charge in [-0.1, -0.05) is 30.3 Å². The third kappa shape index (κ3) is 5.28. The van der Waals surface area contributed by atoms with Crippen LogP contribution in [0, 0.1) is 0 Å². The Morgan fingerprint density at radius 2 is 1.68 bits per heavy atom. The molecule has 0 aliphatic rings. The minimum Gasteiger partial charge on any atom is -0.493 e. The summed E-state index contributed by atoms with van der Waals surface area (Å²) in [6.45, 7) is 2.49. The van der Waals surface area contributed by atoms with Crippen molar-refractivity contribution in [2.24, 2.45) is 0 Å². The van der Waals surface area contributed by atoms with Gasteiger partial charge in [-0.3, -0.25) is 0 Å². The molecule has 5 nitrogen and oxygen atoms in total. The SMILES string of the molecule is CCOC(=O)/C=C/c1cc(OC)c(OCc2ccccc2)c(OC)c1. The van der Waals surface area contributed by atoms with Gasteiger partial charge in [-0.25, -0.2) is 4.79 Å². The van der Waals surface area contributed by atoms with E-state index in [0.717, 1.165) is 11.1 Å². The minimum atomic E-state index is -0.398. The Morgan fingerprint density at radius 1 is 1.04 bits per heavy atom. The predicted octanol–water partition coefficient (Wildman–Crippen LogP) is 3.86. The second-order valence-electron chi connectivity index (χ2n) is 5.11. The molecule has 0 N–H and O–H groups in total. The van der Waals surface area contributed by atoms with Crippen molar-refractivity contribution < 1.29 is 23.7 Å². The Bertz CT molecular complexity index is 697. The molecule has 0 unspecified atom stereocenters. The molecule has 0 fully saturated rings. The highest BCUT2D eigenvalue weighted by atomic mass is 16.5. The van der Waals surface area contributed by atoms with Crippen molar-refractivity contribution in [3.05, 3.63) is 59.7 Å². The standard InChI is InChI=1S/C20H22O5/c1-4-24-19(21)11-10-16-12-17(22-2)20(18(13-16)23-3)25-14-15-8-6-5-7-9-15/h5-13H,4,14H2,1-3H3/b11-10+. The highest BCUT2D eigenvalue weighted by Crippen LogP contribution is 2.39. The van der Waals surface area contributed by atoms with Crippen LogP contribution in [0.1, 0.15) is 18.1 Å². The Hall–Kier alpha value is -2.95. The fourth-order valence-corrected chi connectivity index (χ4v) is 2.22. The zero-order valence-corrected chi connectivity index (χ0v) is 14.7. The number of benzene rings is 2. The number of rotatable bonds is 8. The van der Waals surface area contributed by atoms with E-state index < -0.39 is 5.97 Å². The van der Waals surface area contributed by atoms with Crippen molar-refractivity contribution in [1.82, 2.24) is 0 Å². The van der Waals surface area contributed by atoms with E-state index in [1.165, 1.54) is 6.08 Å². The molecule has 2 aromatic carbocycles. The molecule has 0 aliphatic heterocycles. The van der Waals surface area contributed by atoms with Crippen LogP contribution in [0.3, 0.4) is 0 Å². The van der Waals surface area contributed by atoms with Crippen LogP contribution in [-0.2, 0) is 16.1 Å². The fraction of sp³-hybridized carbons (Fsp3) is 0.250. The molecule has 0 radical (unpaired) electrons. The van der Waals surface area contributed by atoms with Crippen LogP contribution in [-0.4, -0.2) is 26.8 Å². The summed E-state index contributed by atoms with van der Waals surface area (Å²) in [5.41, 5.74) is 1.78. The lowest BCUT2D eigenvalue weighted by Gasteiger charge is -2.15. The Balaban J connectivity index is 2.23. The Labute approximate surface area is 147 Å². The molecule has 0 saturated carbocycles. The smallest absolute Gasteiger partial charge is 0.330 e. The van der Waals surface area contributed by atoms with Crippen LogP contribution in [0.25, 0.3) is 6.08 Å². The fourth-order valence-electron chi connectivity index (χ4n) is 2.22. The van der Waals surface area contributed by atoms with Gasteiger partial charge in [0.1, 0.15) is 6.61 Å². The van der Waals surface area contributed by atoms with Crippen molar-refractivity contribution >= 4 is 12.0 Å². The normalized spacial score (nSPS) is 10.5. The van der Waals surface area contributed by atoms with Gasteiger partial charge in [0.15, 0.2) is 11.5 Å². The molecule has 0 heterocycles. The highest BCUT2D eigenvalue weighted by Gasteiger charge is 2.14. The van der Waals surface area contributed by atoms with Crippen LogP contribution >= 0.6 is 0 Å². The number of hydrogen-bond donors (Lipinski definition) is 0. The Kier molecular flexibility index (Phi) is 6.89. The first-order valence-corrected chi connectivity index (χ1v) is 7.95. The van der Waals surface area contributed by atoms with Crippen LogP contribution < -0.4 is 14.2 Å². The van der Waals surface area contributed by atoms with E-state index in [2.05, 4.69) is 0 Å². The van der Waals surface area contributed by atoms with E-state index in [-0.39, 0.29) is 0 Å². The summed E-state index contributed by atoms with van der Waals surface area (Å²) in [7, 11) is 3.12. The lowest BCUT2D eigenvalue weighted by atomic mass is 10.1. The van der Waals surface area contributed by atoms with Crippen molar-refractivity contribution in [3.8, 4) is 17.2 Å². The predicted molar refractivity (Wildman–Crippen MR) is 96.0 cm³/mol. The average molecular weight is 342 g/mol. The summed E-state index contributed by atoms with van der Waals surface area (Å²) >= 11 is 0. The lowest BCUT2D eigenvalue weighted by molar-refractivity contribution is -0.137. The molecule has 132 valence electrons. The third-order valence-electron chi connectivity index (χ3n) is 3.41. The van der Waals surface area contributed by atoms with Crippen molar-refractivity contribution in [2.45, 2.75) is 13.5 Å². The number of ether oxygens (including phenoxy) is 4. The molecule has 0 saturated heterocycles. The molecule has 0 bridgehead atoms. The lowest BCUT2D eigenvalue weighted by Crippen LogP contribution is -2.01. The van der Waals surface area contributed by atoms with Crippen LogP contribution in [0.5, 0.6) is 17.2 Å². The zero-order valence-electron chi connectivity index (χ0n) is 14.7. The van der Waals surface area contributed by atoms with Gasteiger partial charge in [0, 0.05) is 6.08 Å². The maximum atomic E-state index is 11.5. The van der Waals surface area contributed by atoms with Crippen molar-refractivity contribution in [1.29, 1.82) is 0 Å². The summed E-state index contributed by atoms with van der Waals surface area (Å²) in [4.78, 5) is 11.5. The van der Waals surface area contributed by atoms with Gasteiger partial charge >= 0.3 is 5.97 Å². The molecular formula is C20H22O5. The van der Waals surface area contributed by atoms with E-state index in [9.17, 15) is 4.79 Å². The van der Waals surface area contributed by atoms with E-state index in [0.29, 0.717) is 30.5 Å². The van der Waals surface area contributed by atoms with Gasteiger partial charge in [-0.2, -0.15) is 0 Å². The summed E-state index contributed by atoms with van der Waals surface area (Å²) < 4.78 is 21.6. The first kappa shape index (κ1) is 18.4. The largest absolute Gasteiger partial charge is 0.493 e. The molecule has 0 spiro atoms. The first-order chi connectivity index (χ1) is 12.2. The molecule has 25 heavy (non-hydrogen) atoms. The second kappa shape index (κ2) is 9.37. The number of hydrogen-bond acceptors (Lipinski definition) is 5. The maximum Gasteiger partial charge on any atom is 0.330 e. The highest BCUT2D eigenvalue weighted by molar-refractivity contribution is 5.87. The molecule has 5 heteroatoms. The molecule has 0 aliphatic carbocycles. The first-order valence-electron chi connectivity index (χ1n) is 7.95. The monoisotopic (exact) mass is 342 g/mol. The van der Waals surface area contributed by atoms with Crippen LogP contribution in [0.2, 0.25) is 0 Å². The van der Waals surface area contributed by atoms with Gasteiger partial charge in [0.25, 0.3) is 0 Å². The van der Waals surface area contributed by atoms with Crippen LogP contribution in [0.4, 0.5) is 0 Å². The maximum absolute atomic E-state index is 11.5. The van der Waals surface area contributed by atoms with Crippen molar-refractivity contribution in [3.63, 3.8) is 0 Å². The van der Waals surface area contributed by atoms with Gasteiger partial charge in [0.05, 0.1) is 20.8 Å². The zero-order chi connectivity index (χ0) is 18.1. The molecule has 0 aromatic heterocycles. The quantitative estimate of drug-likeness (QED) is 0.539. The minimum absolute atomic E-state index is 0.335. The van der Waals surface area contributed by atoms with Gasteiger partial charge in [-0.05, 0) is 36.3 Å². The Morgan fingerprint density at radius 3 is 2.24 bits per heavy atom. The van der Waals surface area contributed by atoms with Crippen LogP contribution in [0.15, 0.2) is 48.5 Å². The second-order valence-corrected chi connectivity index (χ2v) is 5.11. The molecule has 0 atom stereocenters. The summed E-state index contributed by atoms with van der Waals surface area (Å²) in [6, 6.07) is 13.4. The van der Waals surface area contributed by atoms with E-state index in [1.54, 1.807) is 39.4 Å². The van der Waals surface area contributed by atoms with E-state index >= 15 is 0 Å². The van der Waals surface area contributed by atoms with E-state index in [4.69, 9.17) is 18.9 Å². The molecule has 2 rings (SSSR count).